The Bertz CT molecular complexity index is 740. The van der Waals surface area contributed by atoms with Gasteiger partial charge in [0.15, 0.2) is 0 Å². The van der Waals surface area contributed by atoms with Crippen LogP contribution in [0.4, 0.5) is 0 Å². The molecule has 0 spiro atoms. The van der Waals surface area contributed by atoms with Gasteiger partial charge in [-0.3, -0.25) is 4.98 Å². The molecule has 1 aromatic carbocycles. The molecule has 0 radical (unpaired) electrons. The number of nitrogens with zero attached hydrogens (tertiary/aromatic N) is 1. The first kappa shape index (κ1) is 15.6. The Kier molecular flexibility index (Phi) is 4.71. The minimum absolute atomic E-state index is 0.0122. The fourth-order valence-electron chi connectivity index (χ4n) is 1.81. The second-order valence-electron chi connectivity index (χ2n) is 4.27. The van der Waals surface area contributed by atoms with Crippen molar-refractivity contribution in [3.63, 3.8) is 0 Å². The lowest BCUT2D eigenvalue weighted by Crippen LogP contribution is -2.23. The van der Waals surface area contributed by atoms with Crippen LogP contribution in [0.2, 0.25) is 0 Å². The van der Waals surface area contributed by atoms with Crippen molar-refractivity contribution in [1.29, 1.82) is 0 Å². The smallest absolute Gasteiger partial charge is 0.336 e. The maximum atomic E-state index is 12.2. The average molecular weight is 326 g/mol. The van der Waals surface area contributed by atoms with Gasteiger partial charge in [-0.1, -0.05) is 13.0 Å². The van der Waals surface area contributed by atoms with Crippen LogP contribution in [0.25, 0.3) is 0 Å². The van der Waals surface area contributed by atoms with E-state index in [1.54, 1.807) is 11.7 Å². The second-order valence-corrected chi connectivity index (χ2v) is 7.01. The largest absolute Gasteiger partial charge is 0.478 e. The highest BCUT2D eigenvalue weighted by Gasteiger charge is 2.18. The summed E-state index contributed by atoms with van der Waals surface area (Å²) in [6.07, 6.45) is 2.10. The summed E-state index contributed by atoms with van der Waals surface area (Å²) in [4.78, 5) is 15.8. The number of carboxylic acid groups (broad SMARTS) is 1. The second kappa shape index (κ2) is 6.33. The van der Waals surface area contributed by atoms with Crippen molar-refractivity contribution >= 4 is 27.3 Å². The summed E-state index contributed by atoms with van der Waals surface area (Å²) in [5.74, 6) is -1.13. The molecule has 21 heavy (non-hydrogen) atoms. The van der Waals surface area contributed by atoms with E-state index in [4.69, 9.17) is 5.11 Å². The van der Waals surface area contributed by atoms with Crippen LogP contribution in [-0.2, 0) is 23.0 Å². The summed E-state index contributed by atoms with van der Waals surface area (Å²) in [6.45, 7) is 1.95. The van der Waals surface area contributed by atoms with Crippen molar-refractivity contribution in [2.75, 3.05) is 0 Å². The van der Waals surface area contributed by atoms with Crippen LogP contribution < -0.4 is 4.72 Å². The van der Waals surface area contributed by atoms with Crippen LogP contribution in [0.5, 0.6) is 0 Å². The van der Waals surface area contributed by atoms with Crippen LogP contribution in [-0.4, -0.2) is 24.5 Å². The van der Waals surface area contributed by atoms with Gasteiger partial charge in [0.2, 0.25) is 10.0 Å². The van der Waals surface area contributed by atoms with Crippen molar-refractivity contribution in [3.05, 3.63) is 45.9 Å². The van der Waals surface area contributed by atoms with Gasteiger partial charge in [0.05, 0.1) is 16.0 Å². The highest BCUT2D eigenvalue weighted by Crippen LogP contribution is 2.17. The number of aromatic carboxylic acids is 1. The Balaban J connectivity index is 2.27. The molecule has 0 saturated carbocycles. The van der Waals surface area contributed by atoms with Gasteiger partial charge < -0.3 is 5.11 Å². The Morgan fingerprint density at radius 3 is 2.76 bits per heavy atom. The van der Waals surface area contributed by atoms with Crippen molar-refractivity contribution in [1.82, 2.24) is 9.71 Å². The average Bonchev–Trinajstić information content (AvgIpc) is 2.97. The van der Waals surface area contributed by atoms with Gasteiger partial charge in [0.25, 0.3) is 0 Å². The van der Waals surface area contributed by atoms with Crippen LogP contribution in [0, 0.1) is 0 Å². The third-order valence-corrected chi connectivity index (χ3v) is 5.10. The number of thiazole rings is 1. The van der Waals surface area contributed by atoms with Crippen molar-refractivity contribution < 1.29 is 18.3 Å². The van der Waals surface area contributed by atoms with Gasteiger partial charge >= 0.3 is 5.97 Å². The molecule has 0 bridgehead atoms. The summed E-state index contributed by atoms with van der Waals surface area (Å²) in [6, 6.07) is 4.14. The molecular weight excluding hydrogens is 312 g/mol. The Hall–Kier alpha value is -1.77. The van der Waals surface area contributed by atoms with Crippen LogP contribution in [0.1, 0.15) is 27.7 Å². The lowest BCUT2D eigenvalue weighted by atomic mass is 10.1. The number of carboxylic acids is 1. The number of aromatic nitrogens is 1. The first-order valence-corrected chi connectivity index (χ1v) is 8.53. The van der Waals surface area contributed by atoms with Gasteiger partial charge in [-0.2, -0.15) is 0 Å². The molecule has 0 saturated heterocycles. The molecule has 2 rings (SSSR count). The molecule has 8 heteroatoms. The molecule has 1 aromatic heterocycles. The zero-order valence-corrected chi connectivity index (χ0v) is 12.9. The fraction of sp³-hybridized carbons (Fsp3) is 0.231. The summed E-state index contributed by atoms with van der Waals surface area (Å²) in [5.41, 5.74) is 2.23. The van der Waals surface area contributed by atoms with E-state index in [1.807, 2.05) is 6.92 Å². The monoisotopic (exact) mass is 326 g/mol. The molecule has 6 nitrogen and oxygen atoms in total. The summed E-state index contributed by atoms with van der Waals surface area (Å²) in [7, 11) is -3.75. The first-order valence-electron chi connectivity index (χ1n) is 6.17. The SMILES string of the molecule is CCc1ccc(S(=O)(=O)NCc2cncs2)cc1C(=O)O. The number of aryl methyl sites for hydroxylation is 1. The van der Waals surface area contributed by atoms with Gasteiger partial charge in [-0.05, 0) is 24.1 Å². The third kappa shape index (κ3) is 3.66. The highest BCUT2D eigenvalue weighted by atomic mass is 32.2. The summed E-state index contributed by atoms with van der Waals surface area (Å²) < 4.78 is 26.8. The predicted molar refractivity (Wildman–Crippen MR) is 78.9 cm³/mol. The van der Waals surface area contributed by atoms with E-state index < -0.39 is 16.0 Å². The first-order chi connectivity index (χ1) is 9.94. The number of sulfonamides is 1. The van der Waals surface area contributed by atoms with Crippen LogP contribution >= 0.6 is 11.3 Å². The molecule has 112 valence electrons. The van der Waals surface area contributed by atoms with Gasteiger partial charge in [0.1, 0.15) is 0 Å². The maximum Gasteiger partial charge on any atom is 0.336 e. The Morgan fingerprint density at radius 1 is 1.43 bits per heavy atom. The van der Waals surface area contributed by atoms with Crippen molar-refractivity contribution in [2.45, 2.75) is 24.8 Å². The molecule has 2 aromatic rings. The quantitative estimate of drug-likeness (QED) is 0.845. The van der Waals surface area contributed by atoms with E-state index in [2.05, 4.69) is 9.71 Å². The molecule has 2 N–H and O–H groups in total. The van der Waals surface area contributed by atoms with Crippen molar-refractivity contribution in [2.24, 2.45) is 0 Å². The summed E-state index contributed by atoms with van der Waals surface area (Å²) in [5, 5.41) is 9.15. The van der Waals surface area contributed by atoms with E-state index >= 15 is 0 Å². The van der Waals surface area contributed by atoms with E-state index in [0.29, 0.717) is 12.0 Å². The van der Waals surface area contributed by atoms with E-state index in [1.165, 1.54) is 29.5 Å². The predicted octanol–water partition coefficient (Wildman–Crippen LogP) is 1.88. The molecular formula is C13H14N2O4S2. The highest BCUT2D eigenvalue weighted by molar-refractivity contribution is 7.89. The zero-order valence-electron chi connectivity index (χ0n) is 11.2. The Morgan fingerprint density at radius 2 is 2.19 bits per heavy atom. The zero-order chi connectivity index (χ0) is 15.5. The number of carbonyl (C=O) groups is 1. The number of nitrogens with one attached hydrogen (secondary N) is 1. The third-order valence-electron chi connectivity index (χ3n) is 2.92. The minimum Gasteiger partial charge on any atom is -0.478 e. The van der Waals surface area contributed by atoms with Gasteiger partial charge in [-0.15, -0.1) is 11.3 Å². The number of hydrogen-bond acceptors (Lipinski definition) is 5. The molecule has 1 heterocycles. The summed E-state index contributed by atoms with van der Waals surface area (Å²) >= 11 is 1.34. The minimum atomic E-state index is -3.75. The maximum absolute atomic E-state index is 12.2. The molecule has 0 amide bonds. The lowest BCUT2D eigenvalue weighted by Gasteiger charge is -2.09. The topological polar surface area (TPSA) is 96.4 Å². The standard InChI is InChI=1S/C13H14N2O4S2/c1-2-9-3-4-11(5-12(9)13(16)17)21(18,19)15-7-10-6-14-8-20-10/h3-6,8,15H,2,7H2,1H3,(H,16,17). The number of hydrogen-bond donors (Lipinski definition) is 2. The molecule has 0 fully saturated rings. The normalized spacial score (nSPS) is 11.5. The molecule has 0 aliphatic heterocycles. The van der Waals surface area contributed by atoms with Crippen LogP contribution in [0.3, 0.4) is 0 Å². The lowest BCUT2D eigenvalue weighted by molar-refractivity contribution is 0.0695. The van der Waals surface area contributed by atoms with E-state index in [9.17, 15) is 13.2 Å². The van der Waals surface area contributed by atoms with E-state index in [0.717, 1.165) is 4.88 Å². The molecule has 0 unspecified atom stereocenters. The van der Waals surface area contributed by atoms with Gasteiger partial charge in [-0.25, -0.2) is 17.9 Å². The van der Waals surface area contributed by atoms with Crippen LogP contribution in [0.15, 0.2) is 34.8 Å². The number of rotatable bonds is 6. The van der Waals surface area contributed by atoms with Crippen molar-refractivity contribution in [3.8, 4) is 0 Å². The van der Waals surface area contributed by atoms with E-state index in [-0.39, 0.29) is 17.0 Å². The molecule has 0 aliphatic carbocycles. The Labute approximate surface area is 126 Å². The van der Waals surface area contributed by atoms with Gasteiger partial charge in [0, 0.05) is 17.6 Å². The molecule has 0 atom stereocenters. The number of benzene rings is 1. The molecule has 0 aliphatic rings. The fourth-order valence-corrected chi connectivity index (χ4v) is 3.47.